The van der Waals surface area contributed by atoms with Gasteiger partial charge in [0.25, 0.3) is 0 Å². The summed E-state index contributed by atoms with van der Waals surface area (Å²) in [4.78, 5) is 13.6. The molecule has 0 N–H and O–H groups in total. The smallest absolute Gasteiger partial charge is 0.222 e. The fourth-order valence-electron chi connectivity index (χ4n) is 1.58. The number of thiophene rings is 1. The average molecular weight is 261 g/mol. The number of carbonyl (C=O) groups excluding carboxylic acids is 1. The molecule has 1 aromatic rings. The number of hydrogen-bond donors (Lipinski definition) is 0. The van der Waals surface area contributed by atoms with Crippen LogP contribution in [0.1, 0.15) is 24.8 Å². The Balaban J connectivity index is 2.42. The van der Waals surface area contributed by atoms with Gasteiger partial charge >= 0.3 is 0 Å². The van der Waals surface area contributed by atoms with E-state index in [9.17, 15) is 4.79 Å². The fourth-order valence-corrected chi connectivity index (χ4v) is 2.28. The van der Waals surface area contributed by atoms with Gasteiger partial charge in [0.15, 0.2) is 0 Å². The van der Waals surface area contributed by atoms with Crippen LogP contribution in [-0.2, 0) is 11.2 Å². The molecule has 18 heavy (non-hydrogen) atoms. The second-order valence-electron chi connectivity index (χ2n) is 3.83. The second kappa shape index (κ2) is 8.27. The molecule has 0 aromatic carbocycles. The quantitative estimate of drug-likeness (QED) is 0.756. The molecule has 0 saturated carbocycles. The van der Waals surface area contributed by atoms with Crippen LogP contribution in [0.25, 0.3) is 0 Å². The molecule has 4 nitrogen and oxygen atoms in total. The minimum absolute atomic E-state index is 0.0201. The number of hydrogen-bond acceptors (Lipinski definition) is 4. The first kappa shape index (κ1) is 14.2. The van der Waals surface area contributed by atoms with Gasteiger partial charge in [-0.15, -0.1) is 0 Å². The summed E-state index contributed by atoms with van der Waals surface area (Å²) in [5.74, 6) is 0.0201. The molecule has 0 aliphatic rings. The van der Waals surface area contributed by atoms with Crippen molar-refractivity contribution in [2.24, 2.45) is 0 Å². The molecule has 0 saturated heterocycles. The molecule has 1 rings (SSSR count). The minimum Gasteiger partial charge on any atom is -0.341 e. The van der Waals surface area contributed by atoms with E-state index in [4.69, 9.17) is 10.5 Å². The zero-order valence-electron chi connectivity index (χ0n) is 10.1. The van der Waals surface area contributed by atoms with E-state index in [2.05, 4.69) is 0 Å². The van der Waals surface area contributed by atoms with E-state index in [0.717, 1.165) is 12.0 Å². The molecule has 0 unspecified atom stereocenters. The predicted molar refractivity (Wildman–Crippen MR) is 69.7 cm³/mol. The lowest BCUT2D eigenvalue weighted by atomic mass is 10.1. The van der Waals surface area contributed by atoms with Crippen LogP contribution >= 0.6 is 11.3 Å². The molecule has 0 spiro atoms. The van der Waals surface area contributed by atoms with Crippen LogP contribution in [0.3, 0.4) is 0 Å². The molecule has 1 aromatic heterocycles. The van der Waals surface area contributed by atoms with Crippen LogP contribution in [0.2, 0.25) is 0 Å². The minimum atomic E-state index is 0.0201. The van der Waals surface area contributed by atoms with E-state index in [1.54, 1.807) is 16.2 Å². The first-order valence-corrected chi connectivity index (χ1v) is 6.75. The third kappa shape index (κ3) is 4.99. The van der Waals surface area contributed by atoms with Crippen molar-refractivity contribution in [1.29, 1.82) is 10.5 Å². The molecule has 0 aliphatic carbocycles. The third-order valence-corrected chi connectivity index (χ3v) is 3.28. The highest BCUT2D eigenvalue weighted by Crippen LogP contribution is 2.10. The van der Waals surface area contributed by atoms with Crippen molar-refractivity contribution in [2.75, 3.05) is 13.1 Å². The summed E-state index contributed by atoms with van der Waals surface area (Å²) in [6, 6.07) is 6.05. The number of amides is 1. The summed E-state index contributed by atoms with van der Waals surface area (Å²) in [7, 11) is 0. The molecule has 0 bridgehead atoms. The largest absolute Gasteiger partial charge is 0.341 e. The molecular formula is C13H15N3OS. The van der Waals surface area contributed by atoms with Gasteiger partial charge in [-0.3, -0.25) is 4.79 Å². The Morgan fingerprint density at radius 2 is 1.94 bits per heavy atom. The second-order valence-corrected chi connectivity index (χ2v) is 4.61. The van der Waals surface area contributed by atoms with Crippen LogP contribution in [0.4, 0.5) is 0 Å². The summed E-state index contributed by atoms with van der Waals surface area (Å²) < 4.78 is 0. The zero-order chi connectivity index (χ0) is 13.2. The van der Waals surface area contributed by atoms with Crippen LogP contribution in [-0.4, -0.2) is 23.9 Å². The van der Waals surface area contributed by atoms with Gasteiger partial charge in [0.1, 0.15) is 0 Å². The lowest BCUT2D eigenvalue weighted by Gasteiger charge is -2.20. The molecule has 0 radical (unpaired) electrons. The van der Waals surface area contributed by atoms with Crippen molar-refractivity contribution in [3.05, 3.63) is 22.4 Å². The predicted octanol–water partition coefficient (Wildman–Crippen LogP) is 2.34. The molecule has 94 valence electrons. The Labute approximate surface area is 111 Å². The Bertz CT molecular complexity index is 424. The Morgan fingerprint density at radius 3 is 2.44 bits per heavy atom. The molecule has 0 aliphatic heterocycles. The summed E-state index contributed by atoms with van der Waals surface area (Å²) >= 11 is 1.62. The third-order valence-electron chi connectivity index (χ3n) is 2.55. The molecule has 1 amide bonds. The number of nitrogens with zero attached hydrogens (tertiary/aromatic N) is 3. The fraction of sp³-hybridized carbons (Fsp3) is 0.462. The summed E-state index contributed by atoms with van der Waals surface area (Å²) in [5.41, 5.74) is 1.16. The van der Waals surface area contributed by atoms with Gasteiger partial charge in [-0.1, -0.05) is 0 Å². The summed E-state index contributed by atoms with van der Waals surface area (Å²) in [6.45, 7) is 0.835. The van der Waals surface area contributed by atoms with Crippen molar-refractivity contribution in [2.45, 2.75) is 25.7 Å². The van der Waals surface area contributed by atoms with E-state index in [0.29, 0.717) is 32.4 Å². The molecule has 0 fully saturated rings. The maximum atomic E-state index is 12.0. The van der Waals surface area contributed by atoms with Gasteiger partial charge in [-0.25, -0.2) is 0 Å². The van der Waals surface area contributed by atoms with Gasteiger partial charge in [-0.05, 0) is 28.8 Å². The maximum absolute atomic E-state index is 12.0. The molecule has 5 heteroatoms. The summed E-state index contributed by atoms with van der Waals surface area (Å²) in [5, 5.41) is 21.1. The highest BCUT2D eigenvalue weighted by Gasteiger charge is 2.12. The van der Waals surface area contributed by atoms with Crippen molar-refractivity contribution in [3.63, 3.8) is 0 Å². The average Bonchev–Trinajstić information content (AvgIpc) is 2.89. The van der Waals surface area contributed by atoms with Gasteiger partial charge in [-0.2, -0.15) is 21.9 Å². The maximum Gasteiger partial charge on any atom is 0.222 e. The van der Waals surface area contributed by atoms with E-state index in [-0.39, 0.29) is 5.91 Å². The van der Waals surface area contributed by atoms with E-state index < -0.39 is 0 Å². The van der Waals surface area contributed by atoms with Gasteiger partial charge in [0.2, 0.25) is 5.91 Å². The Hall–Kier alpha value is -1.85. The Kier molecular flexibility index (Phi) is 6.53. The van der Waals surface area contributed by atoms with Gasteiger partial charge in [0.05, 0.1) is 25.0 Å². The molecule has 1 heterocycles. The van der Waals surface area contributed by atoms with Crippen LogP contribution in [0.5, 0.6) is 0 Å². The monoisotopic (exact) mass is 261 g/mol. The first-order valence-electron chi connectivity index (χ1n) is 5.80. The molecular weight excluding hydrogens is 246 g/mol. The van der Waals surface area contributed by atoms with Gasteiger partial charge < -0.3 is 4.90 Å². The topological polar surface area (TPSA) is 67.9 Å². The SMILES string of the molecule is N#CCCN(CCC#N)C(=O)CCc1ccsc1. The number of rotatable bonds is 7. The van der Waals surface area contributed by atoms with Crippen molar-refractivity contribution in [1.82, 2.24) is 4.90 Å². The van der Waals surface area contributed by atoms with Crippen molar-refractivity contribution < 1.29 is 4.79 Å². The van der Waals surface area contributed by atoms with Crippen LogP contribution < -0.4 is 0 Å². The standard InChI is InChI=1S/C13H15N3OS/c14-6-1-8-16(9-2-7-15)13(17)4-3-12-5-10-18-11-12/h5,10-11H,1-4,8-9H2. The zero-order valence-corrected chi connectivity index (χ0v) is 10.9. The molecule has 0 atom stereocenters. The summed E-state index contributed by atoms with van der Waals surface area (Å²) in [6.07, 6.45) is 1.79. The number of nitriles is 2. The normalized spacial score (nSPS) is 9.44. The van der Waals surface area contributed by atoms with Gasteiger partial charge in [0, 0.05) is 19.5 Å². The number of carbonyl (C=O) groups is 1. The van der Waals surface area contributed by atoms with E-state index in [1.807, 2.05) is 29.0 Å². The highest BCUT2D eigenvalue weighted by molar-refractivity contribution is 7.07. The van der Waals surface area contributed by atoms with Crippen molar-refractivity contribution >= 4 is 17.2 Å². The van der Waals surface area contributed by atoms with E-state index in [1.165, 1.54) is 0 Å². The van der Waals surface area contributed by atoms with E-state index >= 15 is 0 Å². The lowest BCUT2D eigenvalue weighted by Crippen LogP contribution is -2.32. The Morgan fingerprint density at radius 1 is 1.28 bits per heavy atom. The lowest BCUT2D eigenvalue weighted by molar-refractivity contribution is -0.131. The highest BCUT2D eigenvalue weighted by atomic mass is 32.1. The van der Waals surface area contributed by atoms with Crippen LogP contribution in [0.15, 0.2) is 16.8 Å². The first-order chi connectivity index (χ1) is 8.77. The number of aryl methyl sites for hydroxylation is 1. The van der Waals surface area contributed by atoms with Crippen molar-refractivity contribution in [3.8, 4) is 12.1 Å². The van der Waals surface area contributed by atoms with Crippen LogP contribution in [0, 0.1) is 22.7 Å².